The van der Waals surface area contributed by atoms with Gasteiger partial charge in [-0.1, -0.05) is 12.8 Å². The van der Waals surface area contributed by atoms with Crippen LogP contribution in [0.25, 0.3) is 0 Å². The summed E-state index contributed by atoms with van der Waals surface area (Å²) in [5.74, 6) is -1.85. The minimum absolute atomic E-state index is 0.0670. The summed E-state index contributed by atoms with van der Waals surface area (Å²) in [6.07, 6.45) is 4.17. The Hall–Kier alpha value is -1.06. The molecule has 0 radical (unpaired) electrons. The first kappa shape index (κ1) is 11.0. The molecule has 1 saturated carbocycles. The highest BCUT2D eigenvalue weighted by atomic mass is 16.4. The maximum Gasteiger partial charge on any atom is 0.306 e. The molecule has 4 nitrogen and oxygen atoms in total. The van der Waals surface area contributed by atoms with Gasteiger partial charge in [0.05, 0.1) is 5.92 Å². The zero-order valence-electron chi connectivity index (χ0n) is 8.11. The molecule has 1 aliphatic carbocycles. The van der Waals surface area contributed by atoms with Gasteiger partial charge in [-0.2, -0.15) is 0 Å². The highest BCUT2D eigenvalue weighted by Crippen LogP contribution is 2.33. The molecule has 0 aromatic rings. The number of carboxylic acid groups (broad SMARTS) is 2. The van der Waals surface area contributed by atoms with E-state index in [0.29, 0.717) is 12.8 Å². The number of carbonyl (C=O) groups is 2. The summed E-state index contributed by atoms with van der Waals surface area (Å²) in [5, 5.41) is 17.4. The molecule has 0 amide bonds. The third-order valence-electron chi connectivity index (χ3n) is 2.96. The Bertz CT molecular complexity index is 224. The Morgan fingerprint density at radius 2 is 1.79 bits per heavy atom. The van der Waals surface area contributed by atoms with Crippen LogP contribution in [0.15, 0.2) is 0 Å². The van der Waals surface area contributed by atoms with Crippen LogP contribution in [0.2, 0.25) is 0 Å². The minimum Gasteiger partial charge on any atom is -0.481 e. The fraction of sp³-hybridized carbons (Fsp3) is 0.800. The van der Waals surface area contributed by atoms with Gasteiger partial charge in [0.25, 0.3) is 0 Å². The number of hydrogen-bond donors (Lipinski definition) is 2. The molecule has 0 saturated heterocycles. The molecule has 2 unspecified atom stereocenters. The standard InChI is InChI=1S/C10H16O4/c11-9(12)6-5-7-3-1-2-4-8(7)10(13)14/h7-8H,1-6H2,(H,11,12)(H,13,14). The van der Waals surface area contributed by atoms with Crippen molar-refractivity contribution < 1.29 is 19.8 Å². The fourth-order valence-corrected chi connectivity index (χ4v) is 2.19. The first-order valence-corrected chi connectivity index (χ1v) is 5.06. The Morgan fingerprint density at radius 3 is 2.36 bits per heavy atom. The molecule has 80 valence electrons. The summed E-state index contributed by atoms with van der Waals surface area (Å²) in [7, 11) is 0. The van der Waals surface area contributed by atoms with E-state index in [9.17, 15) is 9.59 Å². The van der Waals surface area contributed by atoms with Crippen molar-refractivity contribution in [3.05, 3.63) is 0 Å². The molecular formula is C10H16O4. The average Bonchev–Trinajstić information content (AvgIpc) is 2.15. The largest absolute Gasteiger partial charge is 0.481 e. The van der Waals surface area contributed by atoms with Crippen LogP contribution >= 0.6 is 0 Å². The zero-order chi connectivity index (χ0) is 10.6. The SMILES string of the molecule is O=C(O)CCC1CCCCC1C(=O)O. The molecular weight excluding hydrogens is 184 g/mol. The highest BCUT2D eigenvalue weighted by Gasteiger charge is 2.30. The van der Waals surface area contributed by atoms with E-state index in [1.165, 1.54) is 0 Å². The summed E-state index contributed by atoms with van der Waals surface area (Å²) in [4.78, 5) is 21.2. The topological polar surface area (TPSA) is 74.6 Å². The number of aliphatic carboxylic acids is 2. The maximum absolute atomic E-state index is 10.9. The Balaban J connectivity index is 2.45. The maximum atomic E-state index is 10.9. The molecule has 1 aliphatic rings. The van der Waals surface area contributed by atoms with Crippen LogP contribution in [0.3, 0.4) is 0 Å². The third-order valence-corrected chi connectivity index (χ3v) is 2.96. The first-order valence-electron chi connectivity index (χ1n) is 5.06. The normalized spacial score (nSPS) is 27.1. The minimum atomic E-state index is -0.834. The monoisotopic (exact) mass is 200 g/mol. The van der Waals surface area contributed by atoms with Crippen molar-refractivity contribution in [2.24, 2.45) is 11.8 Å². The average molecular weight is 200 g/mol. The number of carboxylic acids is 2. The summed E-state index contributed by atoms with van der Waals surface area (Å²) >= 11 is 0. The molecule has 0 bridgehead atoms. The predicted octanol–water partition coefficient (Wildman–Crippen LogP) is 1.74. The lowest BCUT2D eigenvalue weighted by atomic mass is 9.77. The van der Waals surface area contributed by atoms with Crippen LogP contribution in [0, 0.1) is 11.8 Å². The van der Waals surface area contributed by atoms with E-state index in [2.05, 4.69) is 0 Å². The van der Waals surface area contributed by atoms with Crippen LogP contribution in [0.4, 0.5) is 0 Å². The second-order valence-electron chi connectivity index (χ2n) is 3.92. The zero-order valence-corrected chi connectivity index (χ0v) is 8.11. The second-order valence-corrected chi connectivity index (χ2v) is 3.92. The van der Waals surface area contributed by atoms with E-state index >= 15 is 0 Å². The lowest BCUT2D eigenvalue weighted by Gasteiger charge is -2.27. The molecule has 0 spiro atoms. The van der Waals surface area contributed by atoms with Crippen molar-refractivity contribution in [1.29, 1.82) is 0 Å². The van der Waals surface area contributed by atoms with Crippen LogP contribution in [-0.2, 0) is 9.59 Å². The van der Waals surface area contributed by atoms with Gasteiger partial charge in [0, 0.05) is 6.42 Å². The lowest BCUT2D eigenvalue weighted by Crippen LogP contribution is -2.27. The van der Waals surface area contributed by atoms with Gasteiger partial charge < -0.3 is 10.2 Å². The number of rotatable bonds is 4. The number of hydrogen-bond acceptors (Lipinski definition) is 2. The van der Waals surface area contributed by atoms with E-state index in [1.54, 1.807) is 0 Å². The molecule has 4 heteroatoms. The van der Waals surface area contributed by atoms with Crippen molar-refractivity contribution in [1.82, 2.24) is 0 Å². The third kappa shape index (κ3) is 3.01. The molecule has 14 heavy (non-hydrogen) atoms. The lowest BCUT2D eigenvalue weighted by molar-refractivity contribution is -0.146. The van der Waals surface area contributed by atoms with Crippen molar-refractivity contribution in [2.45, 2.75) is 38.5 Å². The van der Waals surface area contributed by atoms with Crippen LogP contribution in [0.1, 0.15) is 38.5 Å². The Labute approximate surface area is 82.9 Å². The van der Waals surface area contributed by atoms with Crippen LogP contribution < -0.4 is 0 Å². The van der Waals surface area contributed by atoms with E-state index in [1.807, 2.05) is 0 Å². The molecule has 0 aromatic carbocycles. The van der Waals surface area contributed by atoms with Gasteiger partial charge in [0.1, 0.15) is 0 Å². The second kappa shape index (κ2) is 4.98. The van der Waals surface area contributed by atoms with Gasteiger partial charge in [0.2, 0.25) is 0 Å². The van der Waals surface area contributed by atoms with E-state index in [0.717, 1.165) is 19.3 Å². The molecule has 0 aromatic heterocycles. The van der Waals surface area contributed by atoms with E-state index in [4.69, 9.17) is 10.2 Å². The molecule has 2 N–H and O–H groups in total. The van der Waals surface area contributed by atoms with Gasteiger partial charge in [-0.05, 0) is 25.2 Å². The molecule has 0 aliphatic heterocycles. The Kier molecular flexibility index (Phi) is 3.92. The van der Waals surface area contributed by atoms with Crippen molar-refractivity contribution >= 4 is 11.9 Å². The molecule has 1 rings (SSSR count). The van der Waals surface area contributed by atoms with Gasteiger partial charge in [-0.15, -0.1) is 0 Å². The summed E-state index contributed by atoms with van der Waals surface area (Å²) < 4.78 is 0. The van der Waals surface area contributed by atoms with Crippen molar-refractivity contribution in [3.8, 4) is 0 Å². The first-order chi connectivity index (χ1) is 6.61. The van der Waals surface area contributed by atoms with Crippen LogP contribution in [-0.4, -0.2) is 22.2 Å². The smallest absolute Gasteiger partial charge is 0.306 e. The van der Waals surface area contributed by atoms with E-state index in [-0.39, 0.29) is 18.3 Å². The summed E-state index contributed by atoms with van der Waals surface area (Å²) in [6.45, 7) is 0. The summed E-state index contributed by atoms with van der Waals surface area (Å²) in [6, 6.07) is 0. The van der Waals surface area contributed by atoms with Gasteiger partial charge in [0.15, 0.2) is 0 Å². The Morgan fingerprint density at radius 1 is 1.14 bits per heavy atom. The van der Waals surface area contributed by atoms with Crippen LogP contribution in [0.5, 0.6) is 0 Å². The summed E-state index contributed by atoms with van der Waals surface area (Å²) in [5.41, 5.74) is 0. The van der Waals surface area contributed by atoms with E-state index < -0.39 is 11.9 Å². The molecule has 2 atom stereocenters. The molecule has 1 fully saturated rings. The van der Waals surface area contributed by atoms with Crippen molar-refractivity contribution in [3.63, 3.8) is 0 Å². The highest BCUT2D eigenvalue weighted by molar-refractivity contribution is 5.71. The van der Waals surface area contributed by atoms with Gasteiger partial charge >= 0.3 is 11.9 Å². The van der Waals surface area contributed by atoms with Crippen molar-refractivity contribution in [2.75, 3.05) is 0 Å². The van der Waals surface area contributed by atoms with Gasteiger partial charge in [-0.25, -0.2) is 0 Å². The quantitative estimate of drug-likeness (QED) is 0.724. The fourth-order valence-electron chi connectivity index (χ4n) is 2.19. The molecule has 0 heterocycles. The van der Waals surface area contributed by atoms with Gasteiger partial charge in [-0.3, -0.25) is 9.59 Å². The predicted molar refractivity (Wildman–Crippen MR) is 50.0 cm³/mol.